The standard InChI is InChI=1S/C53H46N4Si/c1-37(2)55-36-56(50-28-14-13-27-49(50)55)41-19-16-24-44(34-41)58(42-20-7-5-8-21-42,43-22-9-6-10-23-43)45-29-30-47-46-25-11-12-26-48(46)57(51(47)35-45)52-33-40(31-32-54-52)53-38(3)17-15-18-39(53)4/h5-35,37H,36H2,1-4H3. The van der Waals surface area contributed by atoms with Crippen molar-refractivity contribution in [3.8, 4) is 16.9 Å². The molecule has 10 rings (SSSR count). The predicted octanol–water partition coefficient (Wildman–Crippen LogP) is 10.2. The average Bonchev–Trinajstić information content (AvgIpc) is 3.82. The van der Waals surface area contributed by atoms with Crippen LogP contribution in [0.5, 0.6) is 0 Å². The molecule has 9 aromatic rings. The number of nitrogens with zero attached hydrogens (tertiary/aromatic N) is 4. The third kappa shape index (κ3) is 5.68. The summed E-state index contributed by atoms with van der Waals surface area (Å²) >= 11 is 0. The summed E-state index contributed by atoms with van der Waals surface area (Å²) in [5.74, 6) is 0.916. The first-order chi connectivity index (χ1) is 28.4. The van der Waals surface area contributed by atoms with Crippen molar-refractivity contribution in [3.05, 3.63) is 199 Å². The van der Waals surface area contributed by atoms with Gasteiger partial charge in [-0.2, -0.15) is 0 Å². The summed E-state index contributed by atoms with van der Waals surface area (Å²) in [6.45, 7) is 9.77. The van der Waals surface area contributed by atoms with Gasteiger partial charge in [0.25, 0.3) is 0 Å². The highest BCUT2D eigenvalue weighted by Crippen LogP contribution is 2.41. The van der Waals surface area contributed by atoms with E-state index in [1.54, 1.807) is 0 Å². The quantitative estimate of drug-likeness (QED) is 0.114. The summed E-state index contributed by atoms with van der Waals surface area (Å²) in [4.78, 5) is 10.1. The van der Waals surface area contributed by atoms with Gasteiger partial charge in [0.1, 0.15) is 5.82 Å². The fraction of sp³-hybridized carbons (Fsp3) is 0.113. The molecule has 1 aliphatic heterocycles. The Hall–Kier alpha value is -6.69. The SMILES string of the molecule is Cc1cccc(C)c1-c1ccnc(-n2c3ccccc3c3ccc([Si](c4ccccc4)(c4ccccc4)c4cccc(N5CN(C(C)C)c6ccccc65)c4)cc32)c1. The van der Waals surface area contributed by atoms with Gasteiger partial charge in [0.05, 0.1) is 29.1 Å². The van der Waals surface area contributed by atoms with E-state index in [9.17, 15) is 0 Å². The first-order valence-electron chi connectivity index (χ1n) is 20.3. The highest BCUT2D eigenvalue weighted by molar-refractivity contribution is 7.20. The van der Waals surface area contributed by atoms with Gasteiger partial charge in [-0.1, -0.05) is 133 Å². The van der Waals surface area contributed by atoms with Crippen molar-refractivity contribution in [2.45, 2.75) is 33.7 Å². The summed E-state index contributed by atoms with van der Waals surface area (Å²) in [7, 11) is -2.96. The Kier molecular flexibility index (Phi) is 8.84. The van der Waals surface area contributed by atoms with Crippen LogP contribution in [0, 0.1) is 13.8 Å². The molecule has 0 aliphatic carbocycles. The smallest absolute Gasteiger partial charge is 0.179 e. The van der Waals surface area contributed by atoms with E-state index in [4.69, 9.17) is 4.98 Å². The van der Waals surface area contributed by atoms with Gasteiger partial charge in [0.2, 0.25) is 0 Å². The van der Waals surface area contributed by atoms with Crippen molar-refractivity contribution >= 4 is 67.7 Å². The Balaban J connectivity index is 1.24. The number of hydrogen-bond donors (Lipinski definition) is 0. The van der Waals surface area contributed by atoms with Crippen LogP contribution in [0.4, 0.5) is 17.1 Å². The van der Waals surface area contributed by atoms with Gasteiger partial charge in [-0.25, -0.2) is 4.98 Å². The van der Waals surface area contributed by atoms with Crippen LogP contribution in [0.1, 0.15) is 25.0 Å². The lowest BCUT2D eigenvalue weighted by molar-refractivity contribution is 0.709. The van der Waals surface area contributed by atoms with E-state index in [2.05, 4.69) is 224 Å². The lowest BCUT2D eigenvalue weighted by Crippen LogP contribution is -2.74. The van der Waals surface area contributed by atoms with E-state index >= 15 is 0 Å². The largest absolute Gasteiger partial charge is 0.349 e. The fourth-order valence-corrected chi connectivity index (χ4v) is 14.4. The molecule has 0 fully saturated rings. The van der Waals surface area contributed by atoms with Crippen LogP contribution in [0.2, 0.25) is 0 Å². The molecule has 0 radical (unpaired) electrons. The number of rotatable bonds is 8. The summed E-state index contributed by atoms with van der Waals surface area (Å²) in [5.41, 5.74) is 11.0. The molecule has 58 heavy (non-hydrogen) atoms. The predicted molar refractivity (Wildman–Crippen MR) is 248 cm³/mol. The summed E-state index contributed by atoms with van der Waals surface area (Å²) in [5, 5.41) is 7.82. The molecule has 0 atom stereocenters. The zero-order valence-electron chi connectivity index (χ0n) is 33.5. The van der Waals surface area contributed by atoms with Crippen LogP contribution in [0.15, 0.2) is 188 Å². The third-order valence-electron chi connectivity index (χ3n) is 12.3. The zero-order chi connectivity index (χ0) is 39.4. The fourth-order valence-electron chi connectivity index (χ4n) is 9.60. The zero-order valence-corrected chi connectivity index (χ0v) is 34.5. The highest BCUT2D eigenvalue weighted by atomic mass is 28.3. The summed E-state index contributed by atoms with van der Waals surface area (Å²) < 4.78 is 2.39. The molecule has 0 amide bonds. The van der Waals surface area contributed by atoms with Gasteiger partial charge in [0, 0.05) is 28.7 Å². The molecule has 7 aromatic carbocycles. The van der Waals surface area contributed by atoms with Crippen LogP contribution < -0.4 is 30.5 Å². The van der Waals surface area contributed by atoms with Gasteiger partial charge >= 0.3 is 0 Å². The first kappa shape index (κ1) is 35.7. The molecule has 3 heterocycles. The molecular formula is C53H46N4Si. The van der Waals surface area contributed by atoms with E-state index in [1.807, 2.05) is 6.20 Å². The minimum atomic E-state index is -2.96. The van der Waals surface area contributed by atoms with E-state index in [0.29, 0.717) is 6.04 Å². The number of aromatic nitrogens is 2. The van der Waals surface area contributed by atoms with E-state index in [-0.39, 0.29) is 0 Å². The maximum absolute atomic E-state index is 5.09. The molecule has 0 saturated heterocycles. The lowest BCUT2D eigenvalue weighted by atomic mass is 9.96. The van der Waals surface area contributed by atoms with Crippen molar-refractivity contribution in [2.24, 2.45) is 0 Å². The monoisotopic (exact) mass is 766 g/mol. The van der Waals surface area contributed by atoms with Gasteiger partial charge in [-0.3, -0.25) is 4.57 Å². The normalized spacial score (nSPS) is 12.8. The molecule has 2 aromatic heterocycles. The maximum Gasteiger partial charge on any atom is 0.179 e. The summed E-state index contributed by atoms with van der Waals surface area (Å²) in [6, 6.07) is 68.2. The number of fused-ring (bicyclic) bond motifs is 4. The molecule has 1 aliphatic rings. The lowest BCUT2D eigenvalue weighted by Gasteiger charge is -2.35. The molecule has 0 bridgehead atoms. The van der Waals surface area contributed by atoms with Crippen LogP contribution >= 0.6 is 0 Å². The maximum atomic E-state index is 5.09. The van der Waals surface area contributed by atoms with Crippen LogP contribution in [0.3, 0.4) is 0 Å². The van der Waals surface area contributed by atoms with Crippen LogP contribution in [-0.4, -0.2) is 30.3 Å². The molecule has 0 saturated carbocycles. The second-order valence-electron chi connectivity index (χ2n) is 15.9. The second kappa shape index (κ2) is 14.4. The Bertz CT molecular complexity index is 2890. The van der Waals surface area contributed by atoms with Crippen LogP contribution in [-0.2, 0) is 0 Å². The Morgan fingerprint density at radius 2 is 1.12 bits per heavy atom. The third-order valence-corrected chi connectivity index (χ3v) is 17.0. The van der Waals surface area contributed by atoms with E-state index < -0.39 is 8.07 Å². The Morgan fingerprint density at radius 1 is 0.517 bits per heavy atom. The van der Waals surface area contributed by atoms with Gasteiger partial charge < -0.3 is 9.80 Å². The Morgan fingerprint density at radius 3 is 1.84 bits per heavy atom. The molecular weight excluding hydrogens is 721 g/mol. The second-order valence-corrected chi connectivity index (χ2v) is 19.7. The molecule has 0 unspecified atom stereocenters. The van der Waals surface area contributed by atoms with Crippen molar-refractivity contribution in [3.63, 3.8) is 0 Å². The van der Waals surface area contributed by atoms with Crippen LogP contribution in [0.25, 0.3) is 38.8 Å². The number of pyridine rings is 1. The number of hydrogen-bond acceptors (Lipinski definition) is 3. The van der Waals surface area contributed by atoms with Gasteiger partial charge in [-0.05, 0) is 119 Å². The minimum absolute atomic E-state index is 0.380. The highest BCUT2D eigenvalue weighted by Gasteiger charge is 2.42. The van der Waals surface area contributed by atoms with Crippen molar-refractivity contribution in [1.29, 1.82) is 0 Å². The average molecular weight is 767 g/mol. The molecule has 5 heteroatoms. The summed E-state index contributed by atoms with van der Waals surface area (Å²) in [6.07, 6.45) is 1.97. The number of benzene rings is 7. The van der Waals surface area contributed by atoms with Gasteiger partial charge in [-0.15, -0.1) is 0 Å². The van der Waals surface area contributed by atoms with Crippen molar-refractivity contribution in [2.75, 3.05) is 16.5 Å². The Labute approximate surface area is 342 Å². The van der Waals surface area contributed by atoms with E-state index in [0.717, 1.165) is 23.5 Å². The molecule has 0 spiro atoms. The first-order valence-corrected chi connectivity index (χ1v) is 22.3. The van der Waals surface area contributed by atoms with Crippen molar-refractivity contribution < 1.29 is 0 Å². The topological polar surface area (TPSA) is 24.3 Å². The molecule has 282 valence electrons. The molecule has 0 N–H and O–H groups in total. The number of anilines is 3. The van der Waals surface area contributed by atoms with Gasteiger partial charge in [0.15, 0.2) is 8.07 Å². The number of para-hydroxylation sites is 3. The minimum Gasteiger partial charge on any atom is -0.349 e. The number of aryl methyl sites for hydroxylation is 2. The van der Waals surface area contributed by atoms with Crippen molar-refractivity contribution in [1.82, 2.24) is 9.55 Å². The molecule has 4 nitrogen and oxygen atoms in total. The van der Waals surface area contributed by atoms with E-state index in [1.165, 1.54) is 70.8 Å².